The predicted octanol–water partition coefficient (Wildman–Crippen LogP) is 3.58. The Morgan fingerprint density at radius 2 is 1.74 bits per heavy atom. The number of nitrogens with one attached hydrogen (secondary N) is 2. The van der Waals surface area contributed by atoms with Crippen molar-refractivity contribution in [1.29, 1.82) is 0 Å². The van der Waals surface area contributed by atoms with Crippen LogP contribution in [0, 0.1) is 0 Å². The van der Waals surface area contributed by atoms with Crippen molar-refractivity contribution >= 4 is 33.5 Å². The summed E-state index contributed by atoms with van der Waals surface area (Å²) in [6.07, 6.45) is 0. The number of esters is 1. The number of rotatable bonds is 8. The molecule has 0 aliphatic rings. The Balaban J connectivity index is 1.65. The van der Waals surface area contributed by atoms with E-state index in [0.717, 1.165) is 0 Å². The number of methoxy groups -OCH3 is 1. The molecule has 0 saturated heterocycles. The van der Waals surface area contributed by atoms with Gasteiger partial charge in [0, 0.05) is 11.5 Å². The topological polar surface area (TPSA) is 137 Å². The fourth-order valence-corrected chi connectivity index (χ4v) is 3.86. The van der Waals surface area contributed by atoms with Gasteiger partial charge in [-0.25, -0.2) is 13.2 Å². The highest BCUT2D eigenvalue weighted by molar-refractivity contribution is 7.92. The van der Waals surface area contributed by atoms with Gasteiger partial charge >= 0.3 is 5.97 Å². The molecule has 0 saturated carbocycles. The number of nitrogens with zero attached hydrogens (tertiary/aromatic N) is 1. The molecule has 1 aromatic heterocycles. The van der Waals surface area contributed by atoms with Crippen molar-refractivity contribution < 1.29 is 32.0 Å². The van der Waals surface area contributed by atoms with Crippen LogP contribution in [-0.4, -0.2) is 39.2 Å². The van der Waals surface area contributed by atoms with Crippen LogP contribution in [0.25, 0.3) is 0 Å². The van der Waals surface area contributed by atoms with Crippen LogP contribution in [0.1, 0.15) is 36.8 Å². The van der Waals surface area contributed by atoms with Gasteiger partial charge in [0.05, 0.1) is 29.0 Å². The molecule has 180 valence electrons. The SMILES string of the molecule is COc1ccc(S(=O)(=O)Nc2ccccc2C(=O)OCC(=O)Nc2cc(C(C)(C)C)no2)cc1. The number of hydrogen-bond acceptors (Lipinski definition) is 8. The lowest BCUT2D eigenvalue weighted by atomic mass is 9.92. The zero-order valence-corrected chi connectivity index (χ0v) is 19.9. The minimum absolute atomic E-state index is 0.00813. The summed E-state index contributed by atoms with van der Waals surface area (Å²) < 4.78 is 43.0. The molecule has 2 N–H and O–H groups in total. The third-order valence-electron chi connectivity index (χ3n) is 4.64. The average molecular weight is 488 g/mol. The Morgan fingerprint density at radius 1 is 1.06 bits per heavy atom. The highest BCUT2D eigenvalue weighted by Crippen LogP contribution is 2.24. The molecule has 0 bridgehead atoms. The van der Waals surface area contributed by atoms with E-state index in [0.29, 0.717) is 11.4 Å². The van der Waals surface area contributed by atoms with E-state index < -0.39 is 28.5 Å². The molecule has 3 aromatic rings. The summed E-state index contributed by atoms with van der Waals surface area (Å²) in [5, 5.41) is 6.35. The number of carbonyl (C=O) groups is 2. The fraction of sp³-hybridized carbons (Fsp3) is 0.261. The normalized spacial score (nSPS) is 11.5. The molecule has 2 aromatic carbocycles. The molecule has 1 amide bonds. The highest BCUT2D eigenvalue weighted by Gasteiger charge is 2.22. The van der Waals surface area contributed by atoms with Crippen molar-refractivity contribution in [3.8, 4) is 5.75 Å². The Morgan fingerprint density at radius 3 is 2.35 bits per heavy atom. The summed E-state index contributed by atoms with van der Waals surface area (Å²) in [6.45, 7) is 5.22. The second kappa shape index (κ2) is 9.96. The summed E-state index contributed by atoms with van der Waals surface area (Å²) in [7, 11) is -2.52. The number of ether oxygens (including phenoxy) is 2. The number of benzene rings is 2. The van der Waals surface area contributed by atoms with Crippen LogP contribution in [-0.2, 0) is 25.0 Å². The molecule has 11 heteroatoms. The van der Waals surface area contributed by atoms with E-state index in [1.54, 1.807) is 18.2 Å². The smallest absolute Gasteiger partial charge is 0.340 e. The molecule has 3 rings (SSSR count). The van der Waals surface area contributed by atoms with E-state index in [-0.39, 0.29) is 27.4 Å². The standard InChI is InChI=1S/C23H25N3O7S/c1-23(2,3)19-13-21(33-25-19)24-20(27)14-32-22(28)17-7-5-6-8-18(17)26-34(29,30)16-11-9-15(31-4)10-12-16/h5-13,26H,14H2,1-4H3,(H,24,27). The van der Waals surface area contributed by atoms with Gasteiger partial charge in [0.2, 0.25) is 5.88 Å². The van der Waals surface area contributed by atoms with E-state index >= 15 is 0 Å². The lowest BCUT2D eigenvalue weighted by Crippen LogP contribution is -2.22. The zero-order valence-electron chi connectivity index (χ0n) is 19.1. The van der Waals surface area contributed by atoms with Crippen LogP contribution < -0.4 is 14.8 Å². The third-order valence-corrected chi connectivity index (χ3v) is 6.02. The van der Waals surface area contributed by atoms with E-state index in [4.69, 9.17) is 14.0 Å². The first-order valence-electron chi connectivity index (χ1n) is 10.2. The van der Waals surface area contributed by atoms with E-state index in [9.17, 15) is 18.0 Å². The number of anilines is 2. The van der Waals surface area contributed by atoms with Gasteiger partial charge in [0.1, 0.15) is 5.75 Å². The maximum Gasteiger partial charge on any atom is 0.340 e. The quantitative estimate of drug-likeness (QED) is 0.460. The first-order chi connectivity index (χ1) is 16.0. The van der Waals surface area contributed by atoms with Gasteiger partial charge in [-0.15, -0.1) is 0 Å². The number of sulfonamides is 1. The fourth-order valence-electron chi connectivity index (χ4n) is 2.78. The van der Waals surface area contributed by atoms with Crippen LogP contribution in [0.3, 0.4) is 0 Å². The maximum atomic E-state index is 12.7. The molecular formula is C23H25N3O7S. The summed E-state index contributed by atoms with van der Waals surface area (Å²) >= 11 is 0. The number of para-hydroxylation sites is 1. The van der Waals surface area contributed by atoms with Gasteiger partial charge in [-0.2, -0.15) is 0 Å². The second-order valence-corrected chi connectivity index (χ2v) is 9.96. The summed E-state index contributed by atoms with van der Waals surface area (Å²) in [5.74, 6) is -0.892. The van der Waals surface area contributed by atoms with Crippen molar-refractivity contribution in [2.24, 2.45) is 0 Å². The molecule has 0 aliphatic heterocycles. The minimum atomic E-state index is -3.99. The largest absolute Gasteiger partial charge is 0.497 e. The Bertz CT molecular complexity index is 1280. The van der Waals surface area contributed by atoms with Crippen molar-refractivity contribution in [2.75, 3.05) is 23.8 Å². The molecule has 0 atom stereocenters. The molecule has 1 heterocycles. The van der Waals surface area contributed by atoms with Crippen LogP contribution >= 0.6 is 0 Å². The van der Waals surface area contributed by atoms with Gasteiger partial charge < -0.3 is 14.0 Å². The van der Waals surface area contributed by atoms with Gasteiger partial charge in [-0.1, -0.05) is 38.1 Å². The van der Waals surface area contributed by atoms with Crippen LogP contribution in [0.5, 0.6) is 5.75 Å². The van der Waals surface area contributed by atoms with Gasteiger partial charge in [-0.05, 0) is 36.4 Å². The van der Waals surface area contributed by atoms with Gasteiger partial charge in [0.25, 0.3) is 15.9 Å². The summed E-state index contributed by atoms with van der Waals surface area (Å²) in [6, 6.07) is 13.3. The monoisotopic (exact) mass is 487 g/mol. The molecule has 0 spiro atoms. The minimum Gasteiger partial charge on any atom is -0.497 e. The maximum absolute atomic E-state index is 12.7. The van der Waals surface area contributed by atoms with Crippen LogP contribution in [0.15, 0.2) is 64.0 Å². The zero-order chi connectivity index (χ0) is 24.9. The molecular weight excluding hydrogens is 462 g/mol. The lowest BCUT2D eigenvalue weighted by Gasteiger charge is -2.13. The number of amides is 1. The first kappa shape index (κ1) is 24.8. The molecule has 0 radical (unpaired) electrons. The van der Waals surface area contributed by atoms with E-state index in [1.807, 2.05) is 20.8 Å². The van der Waals surface area contributed by atoms with Gasteiger partial charge in [0.15, 0.2) is 6.61 Å². The van der Waals surface area contributed by atoms with E-state index in [1.165, 1.54) is 43.5 Å². The van der Waals surface area contributed by atoms with Crippen molar-refractivity contribution in [3.05, 3.63) is 65.9 Å². The van der Waals surface area contributed by atoms with Crippen LogP contribution in [0.4, 0.5) is 11.6 Å². The van der Waals surface area contributed by atoms with Crippen molar-refractivity contribution in [3.63, 3.8) is 0 Å². The average Bonchev–Trinajstić information content (AvgIpc) is 3.27. The number of carbonyl (C=O) groups excluding carboxylic acids is 2. The molecule has 0 unspecified atom stereocenters. The molecule has 0 aliphatic carbocycles. The summed E-state index contributed by atoms with van der Waals surface area (Å²) in [5.41, 5.74) is 0.343. The number of hydrogen-bond donors (Lipinski definition) is 2. The highest BCUT2D eigenvalue weighted by atomic mass is 32.2. The Labute approximate surface area is 197 Å². The van der Waals surface area contributed by atoms with E-state index in [2.05, 4.69) is 15.2 Å². The molecule has 10 nitrogen and oxygen atoms in total. The third kappa shape index (κ3) is 6.13. The van der Waals surface area contributed by atoms with Crippen molar-refractivity contribution in [2.45, 2.75) is 31.1 Å². The Hall–Kier alpha value is -3.86. The Kier molecular flexibility index (Phi) is 7.26. The second-order valence-electron chi connectivity index (χ2n) is 8.28. The molecule has 0 fully saturated rings. The lowest BCUT2D eigenvalue weighted by molar-refractivity contribution is -0.119. The van der Waals surface area contributed by atoms with Crippen LogP contribution in [0.2, 0.25) is 0 Å². The first-order valence-corrected chi connectivity index (χ1v) is 11.7. The predicted molar refractivity (Wildman–Crippen MR) is 124 cm³/mol. The summed E-state index contributed by atoms with van der Waals surface area (Å²) in [4.78, 5) is 24.7. The number of aromatic nitrogens is 1. The van der Waals surface area contributed by atoms with Crippen molar-refractivity contribution in [1.82, 2.24) is 5.16 Å². The molecule has 34 heavy (non-hydrogen) atoms. The van der Waals surface area contributed by atoms with Gasteiger partial charge in [-0.3, -0.25) is 14.8 Å².